The van der Waals surface area contributed by atoms with Crippen molar-refractivity contribution in [2.24, 2.45) is 11.7 Å². The number of nitrogens with one attached hydrogen (secondary N) is 1. The van der Waals surface area contributed by atoms with Gasteiger partial charge in [-0.05, 0) is 6.92 Å². The molecule has 0 saturated heterocycles. The Morgan fingerprint density at radius 2 is 1.42 bits per heavy atom. The summed E-state index contributed by atoms with van der Waals surface area (Å²) in [6.07, 6.45) is 0. The van der Waals surface area contributed by atoms with Crippen LogP contribution in [0.1, 0.15) is 6.92 Å². The Labute approximate surface area is 109 Å². The maximum Gasteiger partial charge on any atom is 0.234 e. The number of nitrogens with two attached hydrogens (primary N) is 1. The fourth-order valence-corrected chi connectivity index (χ4v) is 1.18. The van der Waals surface area contributed by atoms with Gasteiger partial charge in [0, 0.05) is 0 Å². The van der Waals surface area contributed by atoms with Crippen molar-refractivity contribution in [3.63, 3.8) is 0 Å². The molecule has 1 rings (SSSR count). The molecule has 1 amide bonds. The molecule has 0 bridgehead atoms. The Morgan fingerprint density at radius 1 is 1.05 bits per heavy atom. The number of thiocarbonyl (C=S) groups is 1. The second-order valence-corrected chi connectivity index (χ2v) is 4.03. The van der Waals surface area contributed by atoms with Crippen molar-refractivity contribution in [1.29, 1.82) is 0 Å². The fourth-order valence-electron chi connectivity index (χ4n) is 1.08. The second-order valence-electron chi connectivity index (χ2n) is 3.56. The number of anilines is 1. The molecule has 0 aliphatic heterocycles. The maximum absolute atomic E-state index is 13.2. The summed E-state index contributed by atoms with van der Waals surface area (Å²) in [5.41, 5.74) is 3.69. The molecule has 19 heavy (non-hydrogen) atoms. The monoisotopic (exact) mass is 298 g/mol. The molecule has 1 unspecified atom stereocenters. The van der Waals surface area contributed by atoms with Crippen molar-refractivity contribution in [2.45, 2.75) is 6.92 Å². The molecule has 0 heterocycles. The van der Waals surface area contributed by atoms with Gasteiger partial charge in [-0.1, -0.05) is 12.2 Å². The van der Waals surface area contributed by atoms with Crippen LogP contribution < -0.4 is 11.1 Å². The van der Waals surface area contributed by atoms with Crippen LogP contribution in [0.25, 0.3) is 0 Å². The first-order valence-corrected chi connectivity index (χ1v) is 5.20. The van der Waals surface area contributed by atoms with Gasteiger partial charge in [0.15, 0.2) is 23.3 Å². The van der Waals surface area contributed by atoms with Crippen LogP contribution in [-0.2, 0) is 4.79 Å². The van der Waals surface area contributed by atoms with Gasteiger partial charge in [0.2, 0.25) is 11.7 Å². The molecule has 9 heteroatoms. The van der Waals surface area contributed by atoms with Crippen molar-refractivity contribution in [3.05, 3.63) is 29.1 Å². The molecule has 1 aromatic carbocycles. The molecule has 0 fully saturated rings. The van der Waals surface area contributed by atoms with E-state index in [0.29, 0.717) is 0 Å². The number of benzene rings is 1. The van der Waals surface area contributed by atoms with Crippen LogP contribution in [0.4, 0.5) is 27.6 Å². The normalized spacial score (nSPS) is 12.1. The van der Waals surface area contributed by atoms with Crippen LogP contribution in [0.2, 0.25) is 0 Å². The summed E-state index contributed by atoms with van der Waals surface area (Å²) in [6, 6.07) is 0. The highest BCUT2D eigenvalue weighted by molar-refractivity contribution is 7.80. The second kappa shape index (κ2) is 5.47. The first kappa shape index (κ1) is 15.3. The van der Waals surface area contributed by atoms with Gasteiger partial charge in [-0.2, -0.15) is 0 Å². The van der Waals surface area contributed by atoms with Crippen LogP contribution in [-0.4, -0.2) is 10.9 Å². The smallest absolute Gasteiger partial charge is 0.234 e. The van der Waals surface area contributed by atoms with E-state index >= 15 is 0 Å². The zero-order chi connectivity index (χ0) is 14.9. The topological polar surface area (TPSA) is 55.1 Å². The van der Waals surface area contributed by atoms with E-state index in [0.717, 1.165) is 0 Å². The Bertz CT molecular complexity index is 534. The van der Waals surface area contributed by atoms with Crippen molar-refractivity contribution in [2.75, 3.05) is 5.32 Å². The zero-order valence-electron chi connectivity index (χ0n) is 9.36. The predicted octanol–water partition coefficient (Wildman–Crippen LogP) is 2.24. The van der Waals surface area contributed by atoms with Crippen LogP contribution in [0.15, 0.2) is 0 Å². The lowest BCUT2D eigenvalue weighted by Crippen LogP contribution is -2.31. The molecule has 104 valence electrons. The number of amides is 1. The maximum atomic E-state index is 13.2. The van der Waals surface area contributed by atoms with Crippen molar-refractivity contribution in [3.8, 4) is 0 Å². The third-order valence-electron chi connectivity index (χ3n) is 2.28. The summed E-state index contributed by atoms with van der Waals surface area (Å²) < 4.78 is 64.9. The largest absolute Gasteiger partial charge is 0.393 e. The van der Waals surface area contributed by atoms with Gasteiger partial charge in [0.05, 0.1) is 10.9 Å². The number of carbonyl (C=O) groups is 1. The van der Waals surface area contributed by atoms with E-state index in [-0.39, 0.29) is 4.99 Å². The SMILES string of the molecule is CC(C(=O)Nc1c(F)c(F)c(F)c(F)c1F)C(N)=S. The molecule has 0 aliphatic carbocycles. The molecular formula is C10H7F5N2OS. The molecule has 0 spiro atoms. The molecule has 1 aromatic rings. The zero-order valence-corrected chi connectivity index (χ0v) is 10.2. The van der Waals surface area contributed by atoms with E-state index in [4.69, 9.17) is 5.73 Å². The minimum atomic E-state index is -2.31. The molecule has 3 N–H and O–H groups in total. The fraction of sp³-hybridized carbons (Fsp3) is 0.200. The summed E-state index contributed by atoms with van der Waals surface area (Å²) >= 11 is 4.47. The van der Waals surface area contributed by atoms with Crippen LogP contribution in [0.5, 0.6) is 0 Å². The molecule has 0 aliphatic rings. The lowest BCUT2D eigenvalue weighted by atomic mass is 10.1. The highest BCUT2D eigenvalue weighted by Crippen LogP contribution is 2.27. The summed E-state index contributed by atoms with van der Waals surface area (Å²) in [5, 5.41) is 1.57. The van der Waals surface area contributed by atoms with Gasteiger partial charge in [0.25, 0.3) is 0 Å². The van der Waals surface area contributed by atoms with Crippen LogP contribution in [0, 0.1) is 35.0 Å². The number of hydrogen-bond acceptors (Lipinski definition) is 2. The summed E-state index contributed by atoms with van der Waals surface area (Å²) in [5.74, 6) is -13.1. The first-order chi connectivity index (χ1) is 8.68. The highest BCUT2D eigenvalue weighted by atomic mass is 32.1. The molecule has 0 radical (unpaired) electrons. The quantitative estimate of drug-likeness (QED) is 0.389. The lowest BCUT2D eigenvalue weighted by molar-refractivity contribution is -0.117. The third kappa shape index (κ3) is 2.80. The van der Waals surface area contributed by atoms with Gasteiger partial charge in [-0.3, -0.25) is 4.79 Å². The number of carbonyl (C=O) groups excluding carboxylic acids is 1. The summed E-state index contributed by atoms with van der Waals surface area (Å²) in [6.45, 7) is 1.21. The van der Waals surface area contributed by atoms with Gasteiger partial charge in [-0.25, -0.2) is 22.0 Å². The average Bonchev–Trinajstić information content (AvgIpc) is 2.37. The number of halogens is 5. The molecule has 0 aromatic heterocycles. The Kier molecular flexibility index (Phi) is 4.40. The third-order valence-corrected chi connectivity index (χ3v) is 2.63. The van der Waals surface area contributed by atoms with Crippen molar-refractivity contribution >= 4 is 28.8 Å². The number of rotatable bonds is 3. The van der Waals surface area contributed by atoms with Crippen molar-refractivity contribution < 1.29 is 26.7 Å². The molecule has 3 nitrogen and oxygen atoms in total. The van der Waals surface area contributed by atoms with Gasteiger partial charge < -0.3 is 11.1 Å². The molecule has 0 saturated carbocycles. The number of hydrogen-bond donors (Lipinski definition) is 2. The Morgan fingerprint density at radius 3 is 1.79 bits per heavy atom. The molecular weight excluding hydrogens is 291 g/mol. The van der Waals surface area contributed by atoms with E-state index in [1.165, 1.54) is 6.92 Å². The predicted molar refractivity (Wildman–Crippen MR) is 60.8 cm³/mol. The van der Waals surface area contributed by atoms with E-state index in [1.807, 2.05) is 0 Å². The highest BCUT2D eigenvalue weighted by Gasteiger charge is 2.28. The molecule has 1 atom stereocenters. The Balaban J connectivity index is 3.23. The van der Waals surface area contributed by atoms with Gasteiger partial charge in [0.1, 0.15) is 5.69 Å². The lowest BCUT2D eigenvalue weighted by Gasteiger charge is -2.13. The van der Waals surface area contributed by atoms with Crippen LogP contribution >= 0.6 is 12.2 Å². The summed E-state index contributed by atoms with van der Waals surface area (Å²) in [7, 11) is 0. The van der Waals surface area contributed by atoms with E-state index < -0.39 is 46.6 Å². The van der Waals surface area contributed by atoms with Crippen LogP contribution in [0.3, 0.4) is 0 Å². The minimum Gasteiger partial charge on any atom is -0.393 e. The first-order valence-electron chi connectivity index (χ1n) is 4.80. The van der Waals surface area contributed by atoms with E-state index in [9.17, 15) is 26.7 Å². The Hall–Kier alpha value is -1.77. The summed E-state index contributed by atoms with van der Waals surface area (Å²) in [4.78, 5) is 11.1. The van der Waals surface area contributed by atoms with Gasteiger partial charge >= 0.3 is 0 Å². The standard InChI is InChI=1S/C10H7F5N2OS/c1-2(9(16)19)10(18)17-8-6(14)4(12)3(11)5(13)7(8)15/h2H,1H3,(H2,16,19)(H,17,18). The van der Waals surface area contributed by atoms with E-state index in [2.05, 4.69) is 12.2 Å². The van der Waals surface area contributed by atoms with E-state index in [1.54, 1.807) is 5.32 Å². The van der Waals surface area contributed by atoms with Gasteiger partial charge in [-0.15, -0.1) is 0 Å². The van der Waals surface area contributed by atoms with Crippen molar-refractivity contribution in [1.82, 2.24) is 0 Å². The minimum absolute atomic E-state index is 0.290. The average molecular weight is 298 g/mol.